The SMILES string of the molecule is Cc1ccc(F)c(S(=O)(=O)NCc2cn[nH]c2)c1. The van der Waals surface area contributed by atoms with Crippen LogP contribution in [0.25, 0.3) is 0 Å². The molecule has 2 rings (SSSR count). The Bertz CT molecular complexity index is 638. The van der Waals surface area contributed by atoms with E-state index in [2.05, 4.69) is 14.9 Å². The molecule has 1 heterocycles. The summed E-state index contributed by atoms with van der Waals surface area (Å²) >= 11 is 0. The van der Waals surface area contributed by atoms with Crippen molar-refractivity contribution in [3.8, 4) is 0 Å². The summed E-state index contributed by atoms with van der Waals surface area (Å²) in [6.45, 7) is 1.76. The fourth-order valence-electron chi connectivity index (χ4n) is 1.45. The van der Waals surface area contributed by atoms with Gasteiger partial charge in [0.15, 0.2) is 0 Å². The van der Waals surface area contributed by atoms with Crippen molar-refractivity contribution < 1.29 is 12.8 Å². The van der Waals surface area contributed by atoms with Crippen molar-refractivity contribution in [3.05, 3.63) is 47.5 Å². The highest BCUT2D eigenvalue weighted by Gasteiger charge is 2.18. The number of aryl methyl sites for hydroxylation is 1. The number of benzene rings is 1. The first-order valence-corrected chi connectivity index (χ1v) is 6.71. The predicted octanol–water partition coefficient (Wildman–Crippen LogP) is 1.34. The number of nitrogens with zero attached hydrogens (tertiary/aromatic N) is 1. The van der Waals surface area contributed by atoms with Crippen LogP contribution < -0.4 is 4.72 Å². The van der Waals surface area contributed by atoms with E-state index in [0.29, 0.717) is 11.1 Å². The number of aromatic nitrogens is 2. The van der Waals surface area contributed by atoms with Crippen LogP contribution in [0.3, 0.4) is 0 Å². The summed E-state index contributed by atoms with van der Waals surface area (Å²) in [5, 5.41) is 6.26. The molecule has 18 heavy (non-hydrogen) atoms. The van der Waals surface area contributed by atoms with Crippen LogP contribution in [-0.4, -0.2) is 18.6 Å². The summed E-state index contributed by atoms with van der Waals surface area (Å²) in [7, 11) is -3.86. The van der Waals surface area contributed by atoms with E-state index in [-0.39, 0.29) is 11.4 Å². The Morgan fingerprint density at radius 1 is 1.44 bits per heavy atom. The molecule has 0 aliphatic heterocycles. The van der Waals surface area contributed by atoms with Gasteiger partial charge < -0.3 is 0 Å². The standard InChI is InChI=1S/C11H12FN3O2S/c1-8-2-3-10(12)11(4-8)18(16,17)15-7-9-5-13-14-6-9/h2-6,15H,7H2,1H3,(H,13,14). The van der Waals surface area contributed by atoms with Crippen LogP contribution in [0.15, 0.2) is 35.5 Å². The number of nitrogens with one attached hydrogen (secondary N) is 2. The monoisotopic (exact) mass is 269 g/mol. The van der Waals surface area contributed by atoms with Gasteiger partial charge in [-0.15, -0.1) is 0 Å². The third-order valence-electron chi connectivity index (χ3n) is 2.40. The topological polar surface area (TPSA) is 74.8 Å². The second kappa shape index (κ2) is 4.87. The molecule has 2 aromatic rings. The fourth-order valence-corrected chi connectivity index (χ4v) is 2.62. The van der Waals surface area contributed by atoms with Gasteiger partial charge in [0.25, 0.3) is 0 Å². The Hall–Kier alpha value is -1.73. The third kappa shape index (κ3) is 2.74. The number of aromatic amines is 1. The van der Waals surface area contributed by atoms with E-state index in [9.17, 15) is 12.8 Å². The lowest BCUT2D eigenvalue weighted by molar-refractivity contribution is 0.556. The smallest absolute Gasteiger partial charge is 0.243 e. The summed E-state index contributed by atoms with van der Waals surface area (Å²) in [4.78, 5) is -0.342. The van der Waals surface area contributed by atoms with E-state index in [1.54, 1.807) is 13.1 Å². The van der Waals surface area contributed by atoms with E-state index >= 15 is 0 Å². The second-order valence-electron chi connectivity index (χ2n) is 3.86. The molecule has 0 saturated carbocycles. The molecule has 2 N–H and O–H groups in total. The maximum atomic E-state index is 13.5. The third-order valence-corrected chi connectivity index (χ3v) is 3.81. The summed E-state index contributed by atoms with van der Waals surface area (Å²) in [6.07, 6.45) is 3.06. The summed E-state index contributed by atoms with van der Waals surface area (Å²) in [5.74, 6) is -0.764. The highest BCUT2D eigenvalue weighted by Crippen LogP contribution is 2.16. The number of sulfonamides is 1. The Morgan fingerprint density at radius 2 is 2.22 bits per heavy atom. The first-order chi connectivity index (χ1) is 8.49. The van der Waals surface area contributed by atoms with Crippen molar-refractivity contribution in [1.82, 2.24) is 14.9 Å². The zero-order valence-electron chi connectivity index (χ0n) is 9.64. The Kier molecular flexibility index (Phi) is 3.44. The molecular weight excluding hydrogens is 257 g/mol. The first kappa shape index (κ1) is 12.7. The van der Waals surface area contributed by atoms with Crippen LogP contribution in [0.4, 0.5) is 4.39 Å². The lowest BCUT2D eigenvalue weighted by Gasteiger charge is -2.07. The van der Waals surface area contributed by atoms with Crippen LogP contribution in [0, 0.1) is 12.7 Å². The van der Waals surface area contributed by atoms with Gasteiger partial charge in [0.05, 0.1) is 6.20 Å². The van der Waals surface area contributed by atoms with Crippen molar-refractivity contribution in [2.45, 2.75) is 18.4 Å². The minimum atomic E-state index is -3.86. The van der Waals surface area contributed by atoms with Crippen LogP contribution in [0.1, 0.15) is 11.1 Å². The first-order valence-electron chi connectivity index (χ1n) is 5.22. The molecule has 1 aromatic heterocycles. The molecule has 0 bridgehead atoms. The van der Waals surface area contributed by atoms with Crippen molar-refractivity contribution in [2.24, 2.45) is 0 Å². The molecule has 0 fully saturated rings. The zero-order chi connectivity index (χ0) is 13.2. The number of rotatable bonds is 4. The van der Waals surface area contributed by atoms with Crippen molar-refractivity contribution in [3.63, 3.8) is 0 Å². The quantitative estimate of drug-likeness (QED) is 0.879. The average Bonchev–Trinajstić information content (AvgIpc) is 2.83. The Labute approximate surface area is 104 Å². The zero-order valence-corrected chi connectivity index (χ0v) is 10.5. The molecule has 96 valence electrons. The fraction of sp³-hybridized carbons (Fsp3) is 0.182. The largest absolute Gasteiger partial charge is 0.285 e. The molecule has 7 heteroatoms. The van der Waals surface area contributed by atoms with Gasteiger partial charge in [-0.25, -0.2) is 17.5 Å². The van der Waals surface area contributed by atoms with Crippen LogP contribution >= 0.6 is 0 Å². The minimum Gasteiger partial charge on any atom is -0.285 e. The highest BCUT2D eigenvalue weighted by molar-refractivity contribution is 7.89. The molecule has 0 aliphatic carbocycles. The van der Waals surface area contributed by atoms with Gasteiger partial charge in [-0.3, -0.25) is 5.10 Å². The van der Waals surface area contributed by atoms with Gasteiger partial charge >= 0.3 is 0 Å². The van der Waals surface area contributed by atoms with Gasteiger partial charge in [-0.1, -0.05) is 6.07 Å². The lowest BCUT2D eigenvalue weighted by atomic mass is 10.2. The molecule has 0 amide bonds. The maximum absolute atomic E-state index is 13.5. The highest BCUT2D eigenvalue weighted by atomic mass is 32.2. The van der Waals surface area contributed by atoms with Gasteiger partial charge in [-0.2, -0.15) is 5.10 Å². The summed E-state index contributed by atoms with van der Waals surface area (Å²) in [6, 6.07) is 3.96. The molecule has 5 nitrogen and oxygen atoms in total. The minimum absolute atomic E-state index is 0.0617. The number of H-pyrrole nitrogens is 1. The van der Waals surface area contributed by atoms with E-state index < -0.39 is 15.8 Å². The molecule has 0 saturated heterocycles. The molecule has 1 aromatic carbocycles. The molecule has 0 spiro atoms. The lowest BCUT2D eigenvalue weighted by Crippen LogP contribution is -2.24. The molecule has 0 radical (unpaired) electrons. The number of hydrogen-bond donors (Lipinski definition) is 2. The van der Waals surface area contributed by atoms with Crippen LogP contribution in [0.5, 0.6) is 0 Å². The van der Waals surface area contributed by atoms with Gasteiger partial charge in [0.1, 0.15) is 10.7 Å². The molecule has 0 unspecified atom stereocenters. The van der Waals surface area contributed by atoms with Crippen molar-refractivity contribution >= 4 is 10.0 Å². The number of halogens is 1. The van der Waals surface area contributed by atoms with Crippen molar-refractivity contribution in [1.29, 1.82) is 0 Å². The van der Waals surface area contributed by atoms with Crippen molar-refractivity contribution in [2.75, 3.05) is 0 Å². The van der Waals surface area contributed by atoms with Gasteiger partial charge in [0.2, 0.25) is 10.0 Å². The molecule has 0 aliphatic rings. The Balaban J connectivity index is 2.22. The predicted molar refractivity (Wildman–Crippen MR) is 63.8 cm³/mol. The van der Waals surface area contributed by atoms with E-state index in [1.165, 1.54) is 18.3 Å². The van der Waals surface area contributed by atoms with E-state index in [0.717, 1.165) is 6.07 Å². The van der Waals surface area contributed by atoms with E-state index in [1.807, 2.05) is 0 Å². The van der Waals surface area contributed by atoms with Gasteiger partial charge in [0, 0.05) is 18.3 Å². The average molecular weight is 269 g/mol. The van der Waals surface area contributed by atoms with Gasteiger partial charge in [-0.05, 0) is 24.6 Å². The maximum Gasteiger partial charge on any atom is 0.243 e. The van der Waals surface area contributed by atoms with E-state index in [4.69, 9.17) is 0 Å². The normalized spacial score (nSPS) is 11.7. The Morgan fingerprint density at radius 3 is 2.89 bits per heavy atom. The summed E-state index contributed by atoms with van der Waals surface area (Å²) in [5.41, 5.74) is 1.35. The number of hydrogen-bond acceptors (Lipinski definition) is 3. The van der Waals surface area contributed by atoms with Crippen LogP contribution in [0.2, 0.25) is 0 Å². The van der Waals surface area contributed by atoms with Crippen LogP contribution in [-0.2, 0) is 16.6 Å². The molecular formula is C11H12FN3O2S. The summed E-state index contributed by atoms with van der Waals surface area (Å²) < 4.78 is 39.6. The molecule has 0 atom stereocenters. The second-order valence-corrected chi connectivity index (χ2v) is 5.60.